The van der Waals surface area contributed by atoms with Gasteiger partial charge in [0.2, 0.25) is 0 Å². The second-order valence-corrected chi connectivity index (χ2v) is 6.86. The summed E-state index contributed by atoms with van der Waals surface area (Å²) < 4.78 is 5.47. The minimum absolute atomic E-state index is 0.0263. The van der Waals surface area contributed by atoms with E-state index < -0.39 is 0 Å². The predicted octanol–water partition coefficient (Wildman–Crippen LogP) is 2.05. The number of furan rings is 1. The molecule has 5 rings (SSSR count). The van der Waals surface area contributed by atoms with Crippen molar-refractivity contribution in [1.82, 2.24) is 20.0 Å². The summed E-state index contributed by atoms with van der Waals surface area (Å²) in [6.45, 7) is 1.50. The van der Waals surface area contributed by atoms with Crippen molar-refractivity contribution in [2.75, 3.05) is 20.1 Å². The van der Waals surface area contributed by atoms with Gasteiger partial charge in [-0.25, -0.2) is 0 Å². The highest BCUT2D eigenvalue weighted by Gasteiger charge is 2.44. The van der Waals surface area contributed by atoms with E-state index in [1.54, 1.807) is 6.26 Å². The van der Waals surface area contributed by atoms with E-state index in [1.807, 2.05) is 35.2 Å². The van der Waals surface area contributed by atoms with Crippen LogP contribution in [0.15, 0.2) is 41.0 Å². The summed E-state index contributed by atoms with van der Waals surface area (Å²) in [5, 5.41) is 15.0. The van der Waals surface area contributed by atoms with E-state index in [2.05, 4.69) is 22.1 Å². The number of amides is 1. The molecule has 3 aromatic rings. The van der Waals surface area contributed by atoms with Crippen LogP contribution in [0.4, 0.5) is 0 Å². The third kappa shape index (κ3) is 2.97. The largest absolute Gasteiger partial charge is 0.483 e. The Hall–Kier alpha value is -3.13. The van der Waals surface area contributed by atoms with Crippen LogP contribution in [0.25, 0.3) is 22.2 Å². The monoisotopic (exact) mass is 368 g/mol. The summed E-state index contributed by atoms with van der Waals surface area (Å²) in [6.07, 6.45) is 2.72. The Balaban J connectivity index is 0.000000565. The third-order valence-electron chi connectivity index (χ3n) is 5.35. The summed E-state index contributed by atoms with van der Waals surface area (Å²) in [4.78, 5) is 25.7. The molecule has 0 spiro atoms. The third-order valence-corrected chi connectivity index (χ3v) is 5.35. The maximum atomic E-state index is 13.0. The van der Waals surface area contributed by atoms with E-state index >= 15 is 0 Å². The zero-order chi connectivity index (χ0) is 19.0. The molecule has 27 heavy (non-hydrogen) atoms. The number of aromatic amines is 1. The summed E-state index contributed by atoms with van der Waals surface area (Å²) in [5.41, 5.74) is 2.33. The highest BCUT2D eigenvalue weighted by molar-refractivity contribution is 6.05. The van der Waals surface area contributed by atoms with Gasteiger partial charge in [-0.15, -0.1) is 0 Å². The molecule has 2 N–H and O–H groups in total. The second kappa shape index (κ2) is 6.88. The van der Waals surface area contributed by atoms with Gasteiger partial charge in [0, 0.05) is 36.1 Å². The molecule has 2 bridgehead atoms. The predicted molar refractivity (Wildman–Crippen MR) is 98.3 cm³/mol. The number of H-pyrrole nitrogens is 1. The minimum atomic E-state index is -0.250. The molecule has 4 heterocycles. The molecule has 0 unspecified atom stereocenters. The van der Waals surface area contributed by atoms with E-state index in [0.29, 0.717) is 17.8 Å². The zero-order valence-corrected chi connectivity index (χ0v) is 14.8. The average Bonchev–Trinajstić information content (AvgIpc) is 3.43. The molecule has 0 saturated carbocycles. The van der Waals surface area contributed by atoms with E-state index in [1.165, 1.54) is 0 Å². The lowest BCUT2D eigenvalue weighted by molar-refractivity contribution is -0.122. The number of nitrogens with zero attached hydrogens (tertiary/aromatic N) is 3. The number of carboxylic acid groups (broad SMARTS) is 1. The summed E-state index contributed by atoms with van der Waals surface area (Å²) in [6, 6.07) is 10.5. The molecule has 0 aliphatic carbocycles. The van der Waals surface area contributed by atoms with Crippen molar-refractivity contribution < 1.29 is 19.1 Å². The number of nitrogens with one attached hydrogen (secondary N) is 1. The molecule has 8 heteroatoms. The first-order valence-corrected chi connectivity index (χ1v) is 8.73. The quantitative estimate of drug-likeness (QED) is 0.671. The van der Waals surface area contributed by atoms with Crippen LogP contribution < -0.4 is 0 Å². The number of rotatable bonds is 2. The van der Waals surface area contributed by atoms with Crippen molar-refractivity contribution in [1.29, 1.82) is 0 Å². The Morgan fingerprint density at radius 1 is 1.33 bits per heavy atom. The van der Waals surface area contributed by atoms with E-state index in [0.717, 1.165) is 41.7 Å². The molecular weight excluding hydrogens is 348 g/mol. The van der Waals surface area contributed by atoms with Gasteiger partial charge in [-0.2, -0.15) is 5.10 Å². The molecule has 2 aliphatic rings. The Morgan fingerprint density at radius 3 is 2.78 bits per heavy atom. The number of piperazine rings is 1. The van der Waals surface area contributed by atoms with E-state index in [-0.39, 0.29) is 12.4 Å². The van der Waals surface area contributed by atoms with Crippen molar-refractivity contribution in [3.8, 4) is 11.3 Å². The number of fused-ring (bicyclic) bond motifs is 3. The molecule has 1 amide bonds. The van der Waals surface area contributed by atoms with Crippen LogP contribution in [-0.2, 0) is 4.79 Å². The molecule has 8 nitrogen and oxygen atoms in total. The molecule has 2 aromatic heterocycles. The first kappa shape index (κ1) is 17.3. The molecule has 2 atom stereocenters. The fourth-order valence-corrected chi connectivity index (χ4v) is 4.02. The lowest BCUT2D eigenvalue weighted by Crippen LogP contribution is -2.47. The smallest absolute Gasteiger partial charge is 0.290 e. The summed E-state index contributed by atoms with van der Waals surface area (Å²) in [7, 11) is 2.13. The van der Waals surface area contributed by atoms with Crippen LogP contribution in [0.1, 0.15) is 16.9 Å². The molecule has 2 fully saturated rings. The zero-order valence-electron chi connectivity index (χ0n) is 14.8. The number of hydrogen-bond acceptors (Lipinski definition) is 5. The maximum absolute atomic E-state index is 13.0. The van der Waals surface area contributed by atoms with E-state index in [4.69, 9.17) is 14.3 Å². The average molecular weight is 368 g/mol. The Bertz CT molecular complexity index is 963. The van der Waals surface area contributed by atoms with Crippen molar-refractivity contribution in [3.05, 3.63) is 42.3 Å². The van der Waals surface area contributed by atoms with Crippen molar-refractivity contribution >= 4 is 23.3 Å². The first-order chi connectivity index (χ1) is 13.1. The summed E-state index contributed by atoms with van der Waals surface area (Å²) in [5.74, 6) is 0.816. The molecule has 140 valence electrons. The number of hydrogen-bond donors (Lipinski definition) is 2. The van der Waals surface area contributed by atoms with Crippen LogP contribution in [0.3, 0.4) is 0 Å². The maximum Gasteiger partial charge on any atom is 0.290 e. The topological polar surface area (TPSA) is 103 Å². The number of aromatic nitrogens is 2. The summed E-state index contributed by atoms with van der Waals surface area (Å²) >= 11 is 0. The van der Waals surface area contributed by atoms with Gasteiger partial charge in [0.05, 0.1) is 11.8 Å². The van der Waals surface area contributed by atoms with Crippen LogP contribution in [0.2, 0.25) is 0 Å². The molecular formula is C19H20N4O4. The van der Waals surface area contributed by atoms with Gasteiger partial charge in [-0.1, -0.05) is 0 Å². The lowest BCUT2D eigenvalue weighted by atomic mass is 10.1. The normalized spacial score (nSPS) is 21.3. The van der Waals surface area contributed by atoms with Gasteiger partial charge in [0.1, 0.15) is 5.76 Å². The van der Waals surface area contributed by atoms with Crippen molar-refractivity contribution in [3.63, 3.8) is 0 Å². The fourth-order valence-electron chi connectivity index (χ4n) is 4.02. The van der Waals surface area contributed by atoms with Crippen LogP contribution in [-0.4, -0.2) is 69.7 Å². The minimum Gasteiger partial charge on any atom is -0.483 e. The lowest BCUT2D eigenvalue weighted by Gasteiger charge is -2.31. The number of carbonyl (C=O) groups excluding carboxylic acids is 1. The van der Waals surface area contributed by atoms with Crippen molar-refractivity contribution in [2.24, 2.45) is 0 Å². The number of likely N-dealkylation sites (N-methyl/N-ethyl adjacent to an activating group) is 1. The van der Waals surface area contributed by atoms with Crippen LogP contribution in [0.5, 0.6) is 0 Å². The van der Waals surface area contributed by atoms with Gasteiger partial charge in [-0.05, 0) is 43.8 Å². The fraction of sp³-hybridized carbons (Fsp3) is 0.316. The Kier molecular flexibility index (Phi) is 4.41. The van der Waals surface area contributed by atoms with Gasteiger partial charge in [-0.3, -0.25) is 19.6 Å². The van der Waals surface area contributed by atoms with Crippen LogP contribution in [0, 0.1) is 0 Å². The molecule has 1 aromatic carbocycles. The van der Waals surface area contributed by atoms with Crippen LogP contribution >= 0.6 is 0 Å². The standard InChI is InChI=1S/C18H18N4O2.CH2O2/c1-21-9-13-8-12(21)10-22(13)18(23)17-14-7-11(16-3-2-6-24-16)4-5-15(14)19-20-17;2-1-3/h2-7,12-13H,8-10H2,1H3,(H,19,20);1H,(H,2,3)/t12-,13-;/m0./s1. The SMILES string of the molecule is CN1C[C@@H]2C[C@H]1CN2C(=O)c1n[nH]c2ccc(-c3ccco3)cc12.O=CO. The van der Waals surface area contributed by atoms with Gasteiger partial charge < -0.3 is 14.4 Å². The Labute approximate surface area is 155 Å². The van der Waals surface area contributed by atoms with Gasteiger partial charge >= 0.3 is 0 Å². The van der Waals surface area contributed by atoms with Gasteiger partial charge in [0.25, 0.3) is 12.4 Å². The first-order valence-electron chi connectivity index (χ1n) is 8.73. The van der Waals surface area contributed by atoms with E-state index in [9.17, 15) is 4.79 Å². The molecule has 2 aliphatic heterocycles. The number of likely N-dealkylation sites (tertiary alicyclic amines) is 2. The second-order valence-electron chi connectivity index (χ2n) is 6.86. The number of carbonyl (C=O) groups is 2. The molecule has 0 radical (unpaired) electrons. The highest BCUT2D eigenvalue weighted by Crippen LogP contribution is 2.32. The Morgan fingerprint density at radius 2 is 2.15 bits per heavy atom. The van der Waals surface area contributed by atoms with Gasteiger partial charge in [0.15, 0.2) is 5.69 Å². The molecule has 2 saturated heterocycles. The van der Waals surface area contributed by atoms with Crippen molar-refractivity contribution in [2.45, 2.75) is 18.5 Å². The number of benzene rings is 1. The highest BCUT2D eigenvalue weighted by atomic mass is 16.3.